The molecule has 0 aromatic heterocycles. The van der Waals surface area contributed by atoms with Crippen molar-refractivity contribution in [1.82, 2.24) is 0 Å². The van der Waals surface area contributed by atoms with E-state index in [1.807, 2.05) is 0 Å². The van der Waals surface area contributed by atoms with Crippen LogP contribution in [0.5, 0.6) is 5.75 Å². The van der Waals surface area contributed by atoms with Crippen LogP contribution in [0.1, 0.15) is 63.4 Å². The molecule has 26 heavy (non-hydrogen) atoms. The van der Waals surface area contributed by atoms with Gasteiger partial charge in [0.25, 0.3) is 0 Å². The van der Waals surface area contributed by atoms with Crippen molar-refractivity contribution in [2.24, 2.45) is 0 Å². The van der Waals surface area contributed by atoms with Crippen molar-refractivity contribution in [2.45, 2.75) is 57.8 Å². The Morgan fingerprint density at radius 3 is 2.00 bits per heavy atom. The summed E-state index contributed by atoms with van der Waals surface area (Å²) >= 11 is 0. The summed E-state index contributed by atoms with van der Waals surface area (Å²) in [6.45, 7) is 0.979. The molecule has 5 nitrogen and oxygen atoms in total. The first-order chi connectivity index (χ1) is 12.7. The molecule has 0 saturated heterocycles. The van der Waals surface area contributed by atoms with Crippen LogP contribution < -0.4 is 4.74 Å². The predicted octanol–water partition coefficient (Wildman–Crippen LogP) is 4.56. The van der Waals surface area contributed by atoms with Crippen LogP contribution in [0, 0.1) is 11.3 Å². The van der Waals surface area contributed by atoms with Gasteiger partial charge in [0.1, 0.15) is 17.4 Å². The fourth-order valence-electron chi connectivity index (χ4n) is 2.61. The zero-order valence-corrected chi connectivity index (χ0v) is 15.3. The topological polar surface area (TPSA) is 90.5 Å². The number of nitrogens with zero attached hydrogens (tertiary/aromatic N) is 1. The van der Waals surface area contributed by atoms with Crippen LogP contribution in [-0.4, -0.2) is 29.4 Å². The van der Waals surface area contributed by atoms with E-state index in [2.05, 4.69) is 0 Å². The van der Waals surface area contributed by atoms with Gasteiger partial charge >= 0.3 is 5.97 Å². The monoisotopic (exact) mass is 359 g/mol. The molecule has 0 amide bonds. The minimum atomic E-state index is -1.22. The van der Waals surface area contributed by atoms with Gasteiger partial charge in [0.2, 0.25) is 0 Å². The van der Waals surface area contributed by atoms with Crippen LogP contribution in [0.3, 0.4) is 0 Å². The minimum Gasteiger partial charge on any atom is -0.494 e. The summed E-state index contributed by atoms with van der Waals surface area (Å²) in [7, 11) is 0. The molecule has 0 fully saturated rings. The largest absolute Gasteiger partial charge is 0.494 e. The summed E-state index contributed by atoms with van der Waals surface area (Å²) in [5, 5.41) is 26.3. The summed E-state index contributed by atoms with van der Waals surface area (Å²) in [5.41, 5.74) is 0.377. The molecular formula is C21H29NO4. The highest BCUT2D eigenvalue weighted by molar-refractivity contribution is 5.96. The molecule has 0 aliphatic rings. The average Bonchev–Trinajstić information content (AvgIpc) is 2.65. The van der Waals surface area contributed by atoms with E-state index in [9.17, 15) is 4.79 Å². The Bertz CT molecular complexity index is 587. The fraction of sp³-hybridized carbons (Fsp3) is 0.524. The number of aliphatic carboxylic acids is 1. The number of aliphatic hydroxyl groups is 1. The second kappa shape index (κ2) is 13.9. The summed E-state index contributed by atoms with van der Waals surface area (Å²) in [5.74, 6) is -0.474. The molecule has 2 N–H and O–H groups in total. The van der Waals surface area contributed by atoms with Gasteiger partial charge in [-0.1, -0.05) is 57.1 Å². The zero-order chi connectivity index (χ0) is 19.0. The second-order valence-corrected chi connectivity index (χ2v) is 6.30. The summed E-state index contributed by atoms with van der Waals surface area (Å²) < 4.78 is 5.69. The highest BCUT2D eigenvalue weighted by Crippen LogP contribution is 2.16. The highest BCUT2D eigenvalue weighted by atomic mass is 16.5. The lowest BCUT2D eigenvalue weighted by Crippen LogP contribution is -1.98. The van der Waals surface area contributed by atoms with Crippen LogP contribution in [0.15, 0.2) is 29.8 Å². The molecule has 0 aliphatic heterocycles. The van der Waals surface area contributed by atoms with Gasteiger partial charge in [0.15, 0.2) is 0 Å². The number of carboxylic acids is 1. The van der Waals surface area contributed by atoms with E-state index in [-0.39, 0.29) is 5.57 Å². The van der Waals surface area contributed by atoms with E-state index in [1.165, 1.54) is 38.2 Å². The molecule has 1 aromatic carbocycles. The van der Waals surface area contributed by atoms with Crippen molar-refractivity contribution in [3.63, 3.8) is 0 Å². The van der Waals surface area contributed by atoms with E-state index >= 15 is 0 Å². The van der Waals surface area contributed by atoms with E-state index in [0.29, 0.717) is 18.8 Å². The predicted molar refractivity (Wildman–Crippen MR) is 102 cm³/mol. The number of aliphatic hydroxyl groups excluding tert-OH is 1. The van der Waals surface area contributed by atoms with Gasteiger partial charge < -0.3 is 14.9 Å². The SMILES string of the molecule is N#C/C(=C\c1ccc(OCCCCCCCCCCCO)cc1)C(=O)O. The third-order valence-electron chi connectivity index (χ3n) is 4.11. The number of carbonyl (C=O) groups is 1. The van der Waals surface area contributed by atoms with Crippen LogP contribution >= 0.6 is 0 Å². The highest BCUT2D eigenvalue weighted by Gasteiger charge is 2.05. The molecule has 1 aromatic rings. The Morgan fingerprint density at radius 1 is 0.962 bits per heavy atom. The average molecular weight is 359 g/mol. The van der Waals surface area contributed by atoms with Crippen molar-refractivity contribution in [3.05, 3.63) is 35.4 Å². The van der Waals surface area contributed by atoms with Gasteiger partial charge in [-0.05, 0) is 36.6 Å². The van der Waals surface area contributed by atoms with Gasteiger partial charge in [0.05, 0.1) is 6.61 Å². The number of rotatable bonds is 14. The van der Waals surface area contributed by atoms with Gasteiger partial charge in [-0.3, -0.25) is 0 Å². The second-order valence-electron chi connectivity index (χ2n) is 6.30. The number of hydrogen-bond acceptors (Lipinski definition) is 4. The van der Waals surface area contributed by atoms with Crippen molar-refractivity contribution >= 4 is 12.0 Å². The van der Waals surface area contributed by atoms with Gasteiger partial charge in [-0.2, -0.15) is 5.26 Å². The smallest absolute Gasteiger partial charge is 0.346 e. The third-order valence-corrected chi connectivity index (χ3v) is 4.11. The molecule has 0 saturated carbocycles. The normalized spacial score (nSPS) is 11.2. The Hall–Kier alpha value is -2.32. The van der Waals surface area contributed by atoms with Crippen molar-refractivity contribution in [1.29, 1.82) is 5.26 Å². The molecule has 0 radical (unpaired) electrons. The van der Waals surface area contributed by atoms with E-state index in [0.717, 1.165) is 31.4 Å². The molecule has 1 rings (SSSR count). The van der Waals surface area contributed by atoms with Crippen LogP contribution in [0.4, 0.5) is 0 Å². The first-order valence-corrected chi connectivity index (χ1v) is 9.36. The Kier molecular flexibility index (Phi) is 11.6. The molecule has 5 heteroatoms. The van der Waals surface area contributed by atoms with Crippen LogP contribution in [0.25, 0.3) is 6.08 Å². The third kappa shape index (κ3) is 9.85. The van der Waals surface area contributed by atoms with Gasteiger partial charge in [-0.25, -0.2) is 4.79 Å². The molecule has 0 heterocycles. The van der Waals surface area contributed by atoms with Crippen LogP contribution in [-0.2, 0) is 4.79 Å². The van der Waals surface area contributed by atoms with Crippen molar-refractivity contribution in [3.8, 4) is 11.8 Å². The fourth-order valence-corrected chi connectivity index (χ4v) is 2.61. The number of ether oxygens (including phenoxy) is 1. The Balaban J connectivity index is 2.13. The maximum Gasteiger partial charge on any atom is 0.346 e. The zero-order valence-electron chi connectivity index (χ0n) is 15.3. The van der Waals surface area contributed by atoms with Crippen molar-refractivity contribution < 1.29 is 19.7 Å². The Labute approximate surface area is 155 Å². The molecule has 0 unspecified atom stereocenters. The van der Waals surface area contributed by atoms with E-state index < -0.39 is 5.97 Å². The van der Waals surface area contributed by atoms with Crippen molar-refractivity contribution in [2.75, 3.05) is 13.2 Å². The maximum absolute atomic E-state index is 10.8. The standard InChI is InChI=1S/C21H29NO4/c22-17-19(21(24)25)16-18-10-12-20(13-11-18)26-15-9-7-5-3-1-2-4-6-8-14-23/h10-13,16,23H,1-9,14-15H2,(H,24,25)/b19-16+. The molecule has 0 aliphatic carbocycles. The number of unbranched alkanes of at least 4 members (excludes halogenated alkanes) is 8. The first kappa shape index (κ1) is 21.7. The minimum absolute atomic E-state index is 0.285. The molecule has 142 valence electrons. The molecule has 0 atom stereocenters. The lowest BCUT2D eigenvalue weighted by molar-refractivity contribution is -0.132. The lowest BCUT2D eigenvalue weighted by Gasteiger charge is -2.06. The number of carboxylic acid groups (broad SMARTS) is 1. The number of nitriles is 1. The lowest BCUT2D eigenvalue weighted by atomic mass is 10.1. The first-order valence-electron chi connectivity index (χ1n) is 9.36. The van der Waals surface area contributed by atoms with E-state index in [4.69, 9.17) is 20.2 Å². The number of hydrogen-bond donors (Lipinski definition) is 2. The van der Waals surface area contributed by atoms with E-state index in [1.54, 1.807) is 30.3 Å². The molecule has 0 bridgehead atoms. The number of benzene rings is 1. The summed E-state index contributed by atoms with van der Waals surface area (Å²) in [6.07, 6.45) is 11.8. The molecule has 0 spiro atoms. The quantitative estimate of drug-likeness (QED) is 0.289. The Morgan fingerprint density at radius 2 is 1.50 bits per heavy atom. The van der Waals surface area contributed by atoms with Crippen LogP contribution in [0.2, 0.25) is 0 Å². The summed E-state index contributed by atoms with van der Waals surface area (Å²) in [6, 6.07) is 8.72. The molecular weight excluding hydrogens is 330 g/mol. The summed E-state index contributed by atoms with van der Waals surface area (Å²) in [4.78, 5) is 10.8. The maximum atomic E-state index is 10.8. The van der Waals surface area contributed by atoms with Gasteiger partial charge in [0, 0.05) is 6.61 Å². The van der Waals surface area contributed by atoms with Gasteiger partial charge in [-0.15, -0.1) is 0 Å².